The summed E-state index contributed by atoms with van der Waals surface area (Å²) >= 11 is 0. The van der Waals surface area contributed by atoms with Crippen molar-refractivity contribution < 1.29 is 9.90 Å². The highest BCUT2D eigenvalue weighted by Gasteiger charge is 2.28. The van der Waals surface area contributed by atoms with E-state index >= 15 is 0 Å². The summed E-state index contributed by atoms with van der Waals surface area (Å²) in [5.74, 6) is -0.777. The molecule has 0 bridgehead atoms. The molecule has 4 nitrogen and oxygen atoms in total. The van der Waals surface area contributed by atoms with Crippen molar-refractivity contribution in [3.8, 4) is 0 Å². The molecule has 1 heterocycles. The van der Waals surface area contributed by atoms with Crippen molar-refractivity contribution in [2.75, 3.05) is 13.6 Å². The largest absolute Gasteiger partial charge is 0.481 e. The molecule has 0 atom stereocenters. The lowest BCUT2D eigenvalue weighted by Gasteiger charge is -2.26. The predicted octanol–water partition coefficient (Wildman–Crippen LogP) is 1.62. The molecule has 1 rings (SSSR count). The Morgan fingerprint density at radius 2 is 2.19 bits per heavy atom. The van der Waals surface area contributed by atoms with Crippen molar-refractivity contribution in [3.05, 3.63) is 30.1 Å². The van der Waals surface area contributed by atoms with Gasteiger partial charge in [-0.3, -0.25) is 14.7 Å². The van der Waals surface area contributed by atoms with Crippen LogP contribution in [0.5, 0.6) is 0 Å². The van der Waals surface area contributed by atoms with E-state index in [-0.39, 0.29) is 0 Å². The number of carboxylic acids is 1. The molecule has 0 saturated heterocycles. The topological polar surface area (TPSA) is 53.4 Å². The van der Waals surface area contributed by atoms with Gasteiger partial charge in [0, 0.05) is 19.3 Å². The Morgan fingerprint density at radius 3 is 2.69 bits per heavy atom. The zero-order valence-corrected chi connectivity index (χ0v) is 9.97. The van der Waals surface area contributed by atoms with Gasteiger partial charge in [0.25, 0.3) is 0 Å². The Labute approximate surface area is 95.9 Å². The molecule has 88 valence electrons. The molecule has 0 aromatic carbocycles. The van der Waals surface area contributed by atoms with Gasteiger partial charge in [0.2, 0.25) is 0 Å². The van der Waals surface area contributed by atoms with Crippen LogP contribution in [-0.4, -0.2) is 34.6 Å². The first-order valence-corrected chi connectivity index (χ1v) is 5.23. The van der Waals surface area contributed by atoms with Crippen molar-refractivity contribution in [2.45, 2.75) is 20.4 Å². The molecule has 0 aliphatic carbocycles. The van der Waals surface area contributed by atoms with E-state index in [1.54, 1.807) is 20.0 Å². The van der Waals surface area contributed by atoms with Gasteiger partial charge in [0.05, 0.1) is 11.1 Å². The lowest BCUT2D eigenvalue weighted by Crippen LogP contribution is -2.37. The monoisotopic (exact) mass is 222 g/mol. The number of nitrogens with zero attached hydrogens (tertiary/aromatic N) is 2. The second kappa shape index (κ2) is 5.07. The zero-order chi connectivity index (χ0) is 12.2. The van der Waals surface area contributed by atoms with Crippen LogP contribution in [-0.2, 0) is 11.3 Å². The molecule has 0 amide bonds. The van der Waals surface area contributed by atoms with Crippen LogP contribution in [0, 0.1) is 5.41 Å². The molecule has 0 fully saturated rings. The third-order valence-corrected chi connectivity index (χ3v) is 2.40. The van der Waals surface area contributed by atoms with Crippen molar-refractivity contribution in [3.63, 3.8) is 0 Å². The standard InChI is InChI=1S/C12H18N2O2/c1-12(2,11(15)16)9-14(3)8-10-6-4-5-7-13-10/h4-7H,8-9H2,1-3H3,(H,15,16). The van der Waals surface area contributed by atoms with Gasteiger partial charge in [-0.05, 0) is 33.0 Å². The van der Waals surface area contributed by atoms with Gasteiger partial charge in [0.15, 0.2) is 0 Å². The number of pyridine rings is 1. The molecular weight excluding hydrogens is 204 g/mol. The maximum atomic E-state index is 11.0. The highest BCUT2D eigenvalue weighted by Crippen LogP contribution is 2.17. The fraction of sp³-hybridized carbons (Fsp3) is 0.500. The third-order valence-electron chi connectivity index (χ3n) is 2.40. The number of aliphatic carboxylic acids is 1. The molecular formula is C12H18N2O2. The predicted molar refractivity (Wildman–Crippen MR) is 62.0 cm³/mol. The minimum atomic E-state index is -0.777. The molecule has 0 saturated carbocycles. The highest BCUT2D eigenvalue weighted by atomic mass is 16.4. The zero-order valence-electron chi connectivity index (χ0n) is 9.97. The van der Waals surface area contributed by atoms with Gasteiger partial charge in [-0.1, -0.05) is 6.07 Å². The number of rotatable bonds is 5. The molecule has 1 aromatic rings. The van der Waals surface area contributed by atoms with E-state index in [1.807, 2.05) is 30.1 Å². The number of carboxylic acid groups (broad SMARTS) is 1. The lowest BCUT2D eigenvalue weighted by atomic mass is 9.93. The summed E-state index contributed by atoms with van der Waals surface area (Å²) in [4.78, 5) is 17.1. The second-order valence-corrected chi connectivity index (χ2v) is 4.68. The first-order chi connectivity index (χ1) is 7.42. The van der Waals surface area contributed by atoms with Crippen LogP contribution in [0.1, 0.15) is 19.5 Å². The summed E-state index contributed by atoms with van der Waals surface area (Å²) in [7, 11) is 1.90. The number of hydrogen-bond donors (Lipinski definition) is 1. The van der Waals surface area contributed by atoms with Crippen LogP contribution in [0.25, 0.3) is 0 Å². The van der Waals surface area contributed by atoms with Crippen LogP contribution in [0.4, 0.5) is 0 Å². The quantitative estimate of drug-likeness (QED) is 0.822. The lowest BCUT2D eigenvalue weighted by molar-refractivity contribution is -0.147. The molecule has 0 radical (unpaired) electrons. The first kappa shape index (κ1) is 12.6. The van der Waals surface area contributed by atoms with E-state index in [4.69, 9.17) is 5.11 Å². The summed E-state index contributed by atoms with van der Waals surface area (Å²) in [6, 6.07) is 5.73. The maximum Gasteiger partial charge on any atom is 0.310 e. The molecule has 1 N–H and O–H groups in total. The molecule has 4 heteroatoms. The van der Waals surface area contributed by atoms with Crippen LogP contribution in [0.3, 0.4) is 0 Å². The first-order valence-electron chi connectivity index (χ1n) is 5.23. The normalized spacial score (nSPS) is 11.8. The number of aromatic nitrogens is 1. The third kappa shape index (κ3) is 3.62. The number of hydrogen-bond acceptors (Lipinski definition) is 3. The molecule has 0 aliphatic rings. The van der Waals surface area contributed by atoms with Crippen molar-refractivity contribution in [1.29, 1.82) is 0 Å². The summed E-state index contributed by atoms with van der Waals surface area (Å²) in [6.45, 7) is 4.62. The van der Waals surface area contributed by atoms with E-state index < -0.39 is 11.4 Å². The average Bonchev–Trinajstić information content (AvgIpc) is 2.17. The fourth-order valence-corrected chi connectivity index (χ4v) is 1.57. The summed E-state index contributed by atoms with van der Waals surface area (Å²) in [5.41, 5.74) is 0.218. The Bertz CT molecular complexity index is 349. The van der Waals surface area contributed by atoms with E-state index in [0.717, 1.165) is 5.69 Å². The van der Waals surface area contributed by atoms with Crippen LogP contribution in [0.15, 0.2) is 24.4 Å². The van der Waals surface area contributed by atoms with Crippen molar-refractivity contribution in [2.24, 2.45) is 5.41 Å². The average molecular weight is 222 g/mol. The maximum absolute atomic E-state index is 11.0. The smallest absolute Gasteiger partial charge is 0.310 e. The van der Waals surface area contributed by atoms with Crippen LogP contribution in [0.2, 0.25) is 0 Å². The van der Waals surface area contributed by atoms with Crippen LogP contribution < -0.4 is 0 Å². The highest BCUT2D eigenvalue weighted by molar-refractivity contribution is 5.73. The van der Waals surface area contributed by atoms with Crippen molar-refractivity contribution >= 4 is 5.97 Å². The van der Waals surface area contributed by atoms with E-state index in [2.05, 4.69) is 4.98 Å². The van der Waals surface area contributed by atoms with Gasteiger partial charge >= 0.3 is 5.97 Å². The summed E-state index contributed by atoms with van der Waals surface area (Å²) in [5, 5.41) is 9.01. The molecule has 16 heavy (non-hydrogen) atoms. The summed E-state index contributed by atoms with van der Waals surface area (Å²) < 4.78 is 0. The molecule has 0 aliphatic heterocycles. The number of carbonyl (C=O) groups is 1. The Kier molecular flexibility index (Phi) is 4.01. The van der Waals surface area contributed by atoms with E-state index in [9.17, 15) is 4.79 Å². The SMILES string of the molecule is CN(Cc1ccccn1)CC(C)(C)C(=O)O. The van der Waals surface area contributed by atoms with Gasteiger partial charge in [-0.2, -0.15) is 0 Å². The van der Waals surface area contributed by atoms with E-state index in [1.165, 1.54) is 0 Å². The van der Waals surface area contributed by atoms with Gasteiger partial charge in [-0.25, -0.2) is 0 Å². The van der Waals surface area contributed by atoms with Gasteiger partial charge in [-0.15, -0.1) is 0 Å². The molecule has 0 spiro atoms. The minimum Gasteiger partial charge on any atom is -0.481 e. The molecule has 1 aromatic heterocycles. The van der Waals surface area contributed by atoms with Crippen molar-refractivity contribution in [1.82, 2.24) is 9.88 Å². The van der Waals surface area contributed by atoms with Gasteiger partial charge in [0.1, 0.15) is 0 Å². The Balaban J connectivity index is 2.54. The Morgan fingerprint density at radius 1 is 1.50 bits per heavy atom. The minimum absolute atomic E-state index is 0.499. The van der Waals surface area contributed by atoms with E-state index in [0.29, 0.717) is 13.1 Å². The second-order valence-electron chi connectivity index (χ2n) is 4.68. The van der Waals surface area contributed by atoms with Gasteiger partial charge < -0.3 is 5.11 Å². The fourth-order valence-electron chi connectivity index (χ4n) is 1.57. The van der Waals surface area contributed by atoms with Crippen LogP contribution >= 0.6 is 0 Å². The molecule has 0 unspecified atom stereocenters. The summed E-state index contributed by atoms with van der Waals surface area (Å²) in [6.07, 6.45) is 1.74. The Hall–Kier alpha value is -1.42.